The minimum atomic E-state index is 0.593. The van der Waals surface area contributed by atoms with Gasteiger partial charge in [-0.1, -0.05) is 18.5 Å². The zero-order valence-electron chi connectivity index (χ0n) is 10.0. The maximum atomic E-state index is 5.78. The van der Waals surface area contributed by atoms with E-state index >= 15 is 0 Å². The second-order valence-corrected chi connectivity index (χ2v) is 4.36. The molecule has 0 aliphatic carbocycles. The number of halogens is 1. The Morgan fingerprint density at radius 3 is 2.62 bits per heavy atom. The van der Waals surface area contributed by atoms with E-state index in [1.54, 1.807) is 0 Å². The first-order valence-corrected chi connectivity index (χ1v) is 6.22. The monoisotopic (exact) mass is 241 g/mol. The van der Waals surface area contributed by atoms with Gasteiger partial charge in [0.25, 0.3) is 0 Å². The Hall–Kier alpha value is -0.730. The minimum absolute atomic E-state index is 0.593. The van der Waals surface area contributed by atoms with E-state index in [0.29, 0.717) is 6.04 Å². The molecule has 0 aliphatic rings. The first kappa shape index (κ1) is 13.3. The molecule has 0 bridgehead atoms. The van der Waals surface area contributed by atoms with E-state index in [-0.39, 0.29) is 0 Å². The maximum Gasteiger partial charge on any atom is 0.119 e. The summed E-state index contributed by atoms with van der Waals surface area (Å²) in [4.78, 5) is 0. The summed E-state index contributed by atoms with van der Waals surface area (Å²) < 4.78 is 5.58. The lowest BCUT2D eigenvalue weighted by Crippen LogP contribution is -2.27. The molecule has 0 aromatic heterocycles. The number of nitrogens with one attached hydrogen (secondary N) is 1. The van der Waals surface area contributed by atoms with Gasteiger partial charge in [-0.3, -0.25) is 0 Å². The number of hydrogen-bond donors (Lipinski definition) is 1. The smallest absolute Gasteiger partial charge is 0.119 e. The standard InChI is InChI=1S/C13H20ClNO/c1-3-11(2)15-9-4-10-16-13-7-5-12(14)6-8-13/h5-8,11,15H,3-4,9-10H2,1-2H3. The summed E-state index contributed by atoms with van der Waals surface area (Å²) in [6.45, 7) is 6.12. The quantitative estimate of drug-likeness (QED) is 0.738. The molecule has 1 N–H and O–H groups in total. The zero-order chi connectivity index (χ0) is 11.8. The van der Waals surface area contributed by atoms with Crippen molar-refractivity contribution < 1.29 is 4.74 Å². The van der Waals surface area contributed by atoms with Crippen molar-refractivity contribution in [3.05, 3.63) is 29.3 Å². The van der Waals surface area contributed by atoms with Gasteiger partial charge in [-0.05, 0) is 50.6 Å². The number of ether oxygens (including phenoxy) is 1. The molecule has 1 unspecified atom stereocenters. The van der Waals surface area contributed by atoms with Crippen LogP contribution < -0.4 is 10.1 Å². The van der Waals surface area contributed by atoms with Crippen LogP contribution in [0.25, 0.3) is 0 Å². The first-order valence-electron chi connectivity index (χ1n) is 5.84. The fraction of sp³-hybridized carbons (Fsp3) is 0.538. The van der Waals surface area contributed by atoms with Crippen LogP contribution in [-0.4, -0.2) is 19.2 Å². The molecule has 3 heteroatoms. The molecular weight excluding hydrogens is 222 g/mol. The molecule has 1 aromatic carbocycles. The highest BCUT2D eigenvalue weighted by molar-refractivity contribution is 6.30. The van der Waals surface area contributed by atoms with Crippen molar-refractivity contribution in [3.8, 4) is 5.75 Å². The summed E-state index contributed by atoms with van der Waals surface area (Å²) in [6, 6.07) is 8.06. The Balaban J connectivity index is 2.09. The third kappa shape index (κ3) is 5.38. The number of rotatable bonds is 7. The second kappa shape index (κ2) is 7.53. The summed E-state index contributed by atoms with van der Waals surface area (Å²) >= 11 is 5.78. The van der Waals surface area contributed by atoms with Crippen molar-refractivity contribution in [2.24, 2.45) is 0 Å². The zero-order valence-corrected chi connectivity index (χ0v) is 10.8. The lowest BCUT2D eigenvalue weighted by molar-refractivity contribution is 0.305. The summed E-state index contributed by atoms with van der Waals surface area (Å²) in [7, 11) is 0. The van der Waals surface area contributed by atoms with E-state index in [0.717, 1.165) is 36.8 Å². The van der Waals surface area contributed by atoms with E-state index in [1.807, 2.05) is 24.3 Å². The van der Waals surface area contributed by atoms with Crippen molar-refractivity contribution in [1.29, 1.82) is 0 Å². The molecule has 1 aromatic rings. The topological polar surface area (TPSA) is 21.3 Å². The van der Waals surface area contributed by atoms with Crippen LogP contribution in [0.15, 0.2) is 24.3 Å². The van der Waals surface area contributed by atoms with Crippen LogP contribution in [0.2, 0.25) is 5.02 Å². The molecule has 16 heavy (non-hydrogen) atoms. The Bertz CT molecular complexity index is 286. The van der Waals surface area contributed by atoms with E-state index in [2.05, 4.69) is 19.2 Å². The molecule has 0 spiro atoms. The minimum Gasteiger partial charge on any atom is -0.494 e. The molecule has 1 rings (SSSR count). The molecule has 0 radical (unpaired) electrons. The van der Waals surface area contributed by atoms with Gasteiger partial charge in [-0.2, -0.15) is 0 Å². The third-order valence-corrected chi connectivity index (χ3v) is 2.76. The molecule has 90 valence electrons. The van der Waals surface area contributed by atoms with Crippen molar-refractivity contribution in [2.75, 3.05) is 13.2 Å². The fourth-order valence-electron chi connectivity index (χ4n) is 1.29. The van der Waals surface area contributed by atoms with Crippen LogP contribution in [0.3, 0.4) is 0 Å². The van der Waals surface area contributed by atoms with Crippen LogP contribution >= 0.6 is 11.6 Å². The molecular formula is C13H20ClNO. The maximum absolute atomic E-state index is 5.78. The first-order chi connectivity index (χ1) is 7.72. The SMILES string of the molecule is CCC(C)NCCCOc1ccc(Cl)cc1. The summed E-state index contributed by atoms with van der Waals surface area (Å²) in [6.07, 6.45) is 2.19. The van der Waals surface area contributed by atoms with Crippen molar-refractivity contribution in [3.63, 3.8) is 0 Å². The molecule has 2 nitrogen and oxygen atoms in total. The van der Waals surface area contributed by atoms with Crippen molar-refractivity contribution in [2.45, 2.75) is 32.7 Å². The van der Waals surface area contributed by atoms with Gasteiger partial charge >= 0.3 is 0 Å². The van der Waals surface area contributed by atoms with Gasteiger partial charge in [-0.25, -0.2) is 0 Å². The highest BCUT2D eigenvalue weighted by atomic mass is 35.5. The van der Waals surface area contributed by atoms with E-state index in [1.165, 1.54) is 0 Å². The van der Waals surface area contributed by atoms with Gasteiger partial charge in [0.2, 0.25) is 0 Å². The van der Waals surface area contributed by atoms with Crippen LogP contribution in [0, 0.1) is 0 Å². The van der Waals surface area contributed by atoms with Crippen LogP contribution in [0.1, 0.15) is 26.7 Å². The average molecular weight is 242 g/mol. The van der Waals surface area contributed by atoms with E-state index in [9.17, 15) is 0 Å². The van der Waals surface area contributed by atoms with Gasteiger partial charge < -0.3 is 10.1 Å². The molecule has 1 atom stereocenters. The Morgan fingerprint density at radius 2 is 2.00 bits per heavy atom. The normalized spacial score (nSPS) is 12.4. The summed E-state index contributed by atoms with van der Waals surface area (Å²) in [5.41, 5.74) is 0. The Kier molecular flexibility index (Phi) is 6.27. The molecule has 0 fully saturated rings. The lowest BCUT2D eigenvalue weighted by Gasteiger charge is -2.11. The second-order valence-electron chi connectivity index (χ2n) is 3.92. The van der Waals surface area contributed by atoms with Crippen LogP contribution in [0.5, 0.6) is 5.75 Å². The predicted octanol–water partition coefficient (Wildman–Crippen LogP) is 3.50. The molecule has 0 saturated heterocycles. The van der Waals surface area contributed by atoms with Crippen LogP contribution in [-0.2, 0) is 0 Å². The molecule has 0 amide bonds. The number of hydrogen-bond acceptors (Lipinski definition) is 2. The van der Waals surface area contributed by atoms with Gasteiger partial charge in [0, 0.05) is 11.1 Å². The van der Waals surface area contributed by atoms with Gasteiger partial charge in [-0.15, -0.1) is 0 Å². The third-order valence-electron chi connectivity index (χ3n) is 2.51. The van der Waals surface area contributed by atoms with Gasteiger partial charge in [0.05, 0.1) is 6.61 Å². The summed E-state index contributed by atoms with van der Waals surface area (Å²) in [5, 5.41) is 4.17. The molecule has 0 heterocycles. The largest absolute Gasteiger partial charge is 0.494 e. The highest BCUT2D eigenvalue weighted by Crippen LogP contribution is 2.15. The predicted molar refractivity (Wildman–Crippen MR) is 69.3 cm³/mol. The summed E-state index contributed by atoms with van der Waals surface area (Å²) in [5.74, 6) is 0.882. The Morgan fingerprint density at radius 1 is 1.31 bits per heavy atom. The van der Waals surface area contributed by atoms with Crippen molar-refractivity contribution >= 4 is 11.6 Å². The van der Waals surface area contributed by atoms with Crippen LogP contribution in [0.4, 0.5) is 0 Å². The Labute approximate surface area is 103 Å². The lowest BCUT2D eigenvalue weighted by atomic mass is 10.2. The van der Waals surface area contributed by atoms with E-state index < -0.39 is 0 Å². The average Bonchev–Trinajstić information content (AvgIpc) is 2.31. The van der Waals surface area contributed by atoms with Crippen molar-refractivity contribution in [1.82, 2.24) is 5.32 Å². The molecule has 0 aliphatic heterocycles. The highest BCUT2D eigenvalue weighted by Gasteiger charge is 1.97. The van der Waals surface area contributed by atoms with Gasteiger partial charge in [0.1, 0.15) is 5.75 Å². The molecule has 0 saturated carbocycles. The van der Waals surface area contributed by atoms with E-state index in [4.69, 9.17) is 16.3 Å². The van der Waals surface area contributed by atoms with Gasteiger partial charge in [0.15, 0.2) is 0 Å². The number of benzene rings is 1. The fourth-order valence-corrected chi connectivity index (χ4v) is 1.41.